The van der Waals surface area contributed by atoms with Gasteiger partial charge in [-0.1, -0.05) is 12.1 Å². The summed E-state index contributed by atoms with van der Waals surface area (Å²) in [4.78, 5) is 11.3. The monoisotopic (exact) mass is 357 g/mol. The molecule has 0 aliphatic rings. The Morgan fingerprint density at radius 1 is 1.39 bits per heavy atom. The van der Waals surface area contributed by atoms with Crippen molar-refractivity contribution < 1.29 is 13.9 Å². The van der Waals surface area contributed by atoms with Crippen LogP contribution < -0.4 is 5.73 Å². The normalized spacial score (nSPS) is 12.2. The van der Waals surface area contributed by atoms with E-state index in [1.807, 2.05) is 24.3 Å². The van der Waals surface area contributed by atoms with Crippen LogP contribution in [0.25, 0.3) is 0 Å². The van der Waals surface area contributed by atoms with E-state index >= 15 is 0 Å². The molecule has 0 aliphatic heterocycles. The van der Waals surface area contributed by atoms with Crippen LogP contribution in [0.4, 0.5) is 0 Å². The average Bonchev–Trinajstić information content (AvgIpc) is 2.86. The summed E-state index contributed by atoms with van der Waals surface area (Å²) in [6.45, 7) is 0. The topological polar surface area (TPSA) is 65.5 Å². The molecule has 0 bridgehead atoms. The molecule has 1 aromatic heterocycles. The average molecular weight is 357 g/mol. The van der Waals surface area contributed by atoms with Gasteiger partial charge in [0.05, 0.1) is 13.2 Å². The number of carbonyl (C=O) groups is 1. The third-order valence-corrected chi connectivity index (χ3v) is 3.20. The maximum atomic E-state index is 11.3. The summed E-state index contributed by atoms with van der Waals surface area (Å²) in [5.41, 5.74) is 7.03. The molecule has 0 spiro atoms. The van der Waals surface area contributed by atoms with E-state index in [-0.39, 0.29) is 5.76 Å². The summed E-state index contributed by atoms with van der Waals surface area (Å²) >= 11 is 2.22. The highest BCUT2D eigenvalue weighted by Crippen LogP contribution is 2.23. The van der Waals surface area contributed by atoms with Crippen LogP contribution >= 0.6 is 22.6 Å². The number of rotatable bonds is 3. The Morgan fingerprint density at radius 3 is 2.83 bits per heavy atom. The Morgan fingerprint density at radius 2 is 2.17 bits per heavy atom. The van der Waals surface area contributed by atoms with E-state index in [0.717, 1.165) is 9.13 Å². The van der Waals surface area contributed by atoms with E-state index in [0.29, 0.717) is 5.76 Å². The number of hydrogen-bond acceptors (Lipinski definition) is 4. The first kappa shape index (κ1) is 13.1. The number of furan rings is 1. The predicted octanol–water partition coefficient (Wildman–Crippen LogP) is 2.72. The van der Waals surface area contributed by atoms with Crippen molar-refractivity contribution in [3.05, 3.63) is 57.1 Å². The minimum atomic E-state index is -0.504. The SMILES string of the molecule is COC(=O)c1ccc(C(N)c2cccc(I)c2)o1. The van der Waals surface area contributed by atoms with Crippen LogP contribution in [0.15, 0.2) is 40.8 Å². The minimum absolute atomic E-state index is 0.161. The summed E-state index contributed by atoms with van der Waals surface area (Å²) in [7, 11) is 1.31. The lowest BCUT2D eigenvalue weighted by Crippen LogP contribution is -2.11. The van der Waals surface area contributed by atoms with Gasteiger partial charge in [0.15, 0.2) is 0 Å². The molecule has 0 saturated carbocycles. The highest BCUT2D eigenvalue weighted by Gasteiger charge is 2.17. The van der Waals surface area contributed by atoms with E-state index < -0.39 is 12.0 Å². The molecule has 5 heteroatoms. The Balaban J connectivity index is 2.26. The highest BCUT2D eigenvalue weighted by atomic mass is 127. The van der Waals surface area contributed by atoms with E-state index in [1.165, 1.54) is 7.11 Å². The Hall–Kier alpha value is -1.34. The number of ether oxygens (including phenoxy) is 1. The van der Waals surface area contributed by atoms with Crippen LogP contribution in [-0.4, -0.2) is 13.1 Å². The van der Waals surface area contributed by atoms with Gasteiger partial charge < -0.3 is 14.9 Å². The maximum Gasteiger partial charge on any atom is 0.373 e. The zero-order valence-electron chi connectivity index (χ0n) is 9.72. The fraction of sp³-hybridized carbons (Fsp3) is 0.154. The van der Waals surface area contributed by atoms with Crippen molar-refractivity contribution >= 4 is 28.6 Å². The third-order valence-electron chi connectivity index (χ3n) is 2.53. The van der Waals surface area contributed by atoms with Gasteiger partial charge in [0.2, 0.25) is 5.76 Å². The molecule has 94 valence electrons. The van der Waals surface area contributed by atoms with Gasteiger partial charge in [0.1, 0.15) is 5.76 Å². The summed E-state index contributed by atoms with van der Waals surface area (Å²) in [5, 5.41) is 0. The quantitative estimate of drug-likeness (QED) is 0.678. The van der Waals surface area contributed by atoms with Gasteiger partial charge in [-0.2, -0.15) is 0 Å². The Labute approximate surface area is 118 Å². The first-order valence-corrected chi connectivity index (χ1v) is 6.39. The van der Waals surface area contributed by atoms with Gasteiger partial charge in [-0.15, -0.1) is 0 Å². The van der Waals surface area contributed by atoms with Crippen LogP contribution in [0.2, 0.25) is 0 Å². The third kappa shape index (κ3) is 2.73. The molecule has 0 fully saturated rings. The molecule has 1 unspecified atom stereocenters. The molecular formula is C13H12INO3. The van der Waals surface area contributed by atoms with Crippen molar-refractivity contribution in [2.45, 2.75) is 6.04 Å². The molecule has 18 heavy (non-hydrogen) atoms. The van der Waals surface area contributed by atoms with Crippen LogP contribution in [0.1, 0.15) is 27.9 Å². The van der Waals surface area contributed by atoms with Crippen molar-refractivity contribution in [1.82, 2.24) is 0 Å². The molecule has 4 nitrogen and oxygen atoms in total. The van der Waals surface area contributed by atoms with E-state index in [9.17, 15) is 4.79 Å². The lowest BCUT2D eigenvalue weighted by Gasteiger charge is -2.09. The summed E-state index contributed by atoms with van der Waals surface area (Å²) in [5.74, 6) is 0.196. The van der Waals surface area contributed by atoms with E-state index in [2.05, 4.69) is 27.3 Å². The molecule has 1 heterocycles. The number of carbonyl (C=O) groups excluding carboxylic acids is 1. The van der Waals surface area contributed by atoms with Crippen LogP contribution in [0.3, 0.4) is 0 Å². The molecule has 2 aromatic rings. The number of methoxy groups -OCH3 is 1. The fourth-order valence-corrected chi connectivity index (χ4v) is 2.16. The first-order valence-electron chi connectivity index (χ1n) is 5.31. The number of nitrogens with two attached hydrogens (primary N) is 1. The molecule has 0 aliphatic carbocycles. The second kappa shape index (κ2) is 5.53. The molecule has 1 aromatic carbocycles. The fourth-order valence-electron chi connectivity index (χ4n) is 1.59. The molecule has 1 atom stereocenters. The van der Waals surface area contributed by atoms with Crippen molar-refractivity contribution in [3.63, 3.8) is 0 Å². The van der Waals surface area contributed by atoms with E-state index in [4.69, 9.17) is 10.2 Å². The summed E-state index contributed by atoms with van der Waals surface area (Å²) in [6.07, 6.45) is 0. The second-order valence-electron chi connectivity index (χ2n) is 3.73. The van der Waals surface area contributed by atoms with Crippen LogP contribution in [0, 0.1) is 3.57 Å². The minimum Gasteiger partial charge on any atom is -0.463 e. The van der Waals surface area contributed by atoms with Gasteiger partial charge in [-0.3, -0.25) is 0 Å². The van der Waals surface area contributed by atoms with Crippen LogP contribution in [-0.2, 0) is 4.74 Å². The number of benzene rings is 1. The van der Waals surface area contributed by atoms with Gasteiger partial charge in [-0.05, 0) is 52.4 Å². The van der Waals surface area contributed by atoms with Crippen molar-refractivity contribution in [1.29, 1.82) is 0 Å². The van der Waals surface area contributed by atoms with Gasteiger partial charge in [0, 0.05) is 3.57 Å². The van der Waals surface area contributed by atoms with Gasteiger partial charge in [-0.25, -0.2) is 4.79 Å². The number of halogens is 1. The van der Waals surface area contributed by atoms with Gasteiger partial charge >= 0.3 is 5.97 Å². The summed E-state index contributed by atoms with van der Waals surface area (Å²) in [6, 6.07) is 10.7. The largest absolute Gasteiger partial charge is 0.463 e. The molecule has 0 radical (unpaired) electrons. The maximum absolute atomic E-state index is 11.3. The lowest BCUT2D eigenvalue weighted by molar-refractivity contribution is 0.0562. The molecule has 2 N–H and O–H groups in total. The van der Waals surface area contributed by atoms with Crippen molar-refractivity contribution in [2.75, 3.05) is 7.11 Å². The lowest BCUT2D eigenvalue weighted by atomic mass is 10.1. The van der Waals surface area contributed by atoms with E-state index in [1.54, 1.807) is 12.1 Å². The highest BCUT2D eigenvalue weighted by molar-refractivity contribution is 14.1. The Bertz CT molecular complexity index is 565. The second-order valence-corrected chi connectivity index (χ2v) is 4.97. The first-order chi connectivity index (χ1) is 8.61. The van der Waals surface area contributed by atoms with Crippen molar-refractivity contribution in [2.24, 2.45) is 5.73 Å². The number of hydrogen-bond donors (Lipinski definition) is 1. The smallest absolute Gasteiger partial charge is 0.373 e. The standard InChI is InChI=1S/C13H12INO3/c1-17-13(16)11-6-5-10(18-11)12(15)8-3-2-4-9(14)7-8/h2-7,12H,15H2,1H3. The molecule has 0 amide bonds. The Kier molecular flexibility index (Phi) is 4.03. The molecular weight excluding hydrogens is 345 g/mol. The summed E-state index contributed by atoms with van der Waals surface area (Å²) < 4.78 is 11.1. The predicted molar refractivity (Wildman–Crippen MR) is 75.2 cm³/mol. The van der Waals surface area contributed by atoms with Crippen LogP contribution in [0.5, 0.6) is 0 Å². The van der Waals surface area contributed by atoms with Crippen molar-refractivity contribution in [3.8, 4) is 0 Å². The zero-order valence-corrected chi connectivity index (χ0v) is 11.9. The molecule has 0 saturated heterocycles. The van der Waals surface area contributed by atoms with Gasteiger partial charge in [0.25, 0.3) is 0 Å². The number of esters is 1. The zero-order chi connectivity index (χ0) is 13.1. The molecule has 2 rings (SSSR count).